The van der Waals surface area contributed by atoms with E-state index in [2.05, 4.69) is 0 Å². The van der Waals surface area contributed by atoms with Crippen LogP contribution in [0.1, 0.15) is 5.56 Å². The van der Waals surface area contributed by atoms with Gasteiger partial charge in [-0.25, -0.2) is 4.39 Å². The minimum Gasteiger partial charge on any atom is -0.325 e. The van der Waals surface area contributed by atoms with Crippen molar-refractivity contribution in [3.63, 3.8) is 0 Å². The van der Waals surface area contributed by atoms with Crippen LogP contribution in [0.15, 0.2) is 18.2 Å². The Balaban J connectivity index is 3.22. The standard InChI is InChI=1S/C8H7ClF3N/c9-6-3-1-2-5(7(6)10)8(11,12)4-13/h1-3H,4,13H2. The Morgan fingerprint density at radius 2 is 2.00 bits per heavy atom. The highest BCUT2D eigenvalue weighted by molar-refractivity contribution is 6.30. The first-order valence-electron chi connectivity index (χ1n) is 3.51. The summed E-state index contributed by atoms with van der Waals surface area (Å²) in [4.78, 5) is 0. The van der Waals surface area contributed by atoms with E-state index >= 15 is 0 Å². The first kappa shape index (κ1) is 10.3. The zero-order valence-electron chi connectivity index (χ0n) is 6.53. The zero-order valence-corrected chi connectivity index (χ0v) is 7.28. The van der Waals surface area contributed by atoms with Crippen LogP contribution >= 0.6 is 11.6 Å². The minimum atomic E-state index is -3.37. The molecule has 13 heavy (non-hydrogen) atoms. The van der Waals surface area contributed by atoms with Crippen LogP contribution in [0.5, 0.6) is 0 Å². The highest BCUT2D eigenvalue weighted by atomic mass is 35.5. The van der Waals surface area contributed by atoms with Crippen LogP contribution in [-0.4, -0.2) is 6.54 Å². The maximum absolute atomic E-state index is 13.0. The van der Waals surface area contributed by atoms with E-state index in [0.717, 1.165) is 6.07 Å². The molecule has 0 aliphatic carbocycles. The molecule has 0 radical (unpaired) electrons. The quantitative estimate of drug-likeness (QED) is 0.796. The monoisotopic (exact) mass is 209 g/mol. The molecule has 0 aliphatic heterocycles. The van der Waals surface area contributed by atoms with E-state index in [9.17, 15) is 13.2 Å². The molecule has 5 heteroatoms. The molecule has 0 bridgehead atoms. The fraction of sp³-hybridized carbons (Fsp3) is 0.250. The lowest BCUT2D eigenvalue weighted by molar-refractivity contribution is 0.00240. The third kappa shape index (κ3) is 1.95. The van der Waals surface area contributed by atoms with Crippen molar-refractivity contribution in [1.29, 1.82) is 0 Å². The first-order chi connectivity index (χ1) is 5.99. The fourth-order valence-corrected chi connectivity index (χ4v) is 1.07. The van der Waals surface area contributed by atoms with Gasteiger partial charge in [0.1, 0.15) is 0 Å². The Labute approximate surface area is 78.3 Å². The van der Waals surface area contributed by atoms with E-state index in [1.807, 2.05) is 0 Å². The van der Waals surface area contributed by atoms with Crippen molar-refractivity contribution in [3.8, 4) is 0 Å². The summed E-state index contributed by atoms with van der Waals surface area (Å²) in [6.07, 6.45) is 0. The lowest BCUT2D eigenvalue weighted by atomic mass is 10.1. The number of alkyl halides is 2. The molecule has 72 valence electrons. The summed E-state index contributed by atoms with van der Waals surface area (Å²) in [5.41, 5.74) is 4.04. The Kier molecular flexibility index (Phi) is 2.83. The van der Waals surface area contributed by atoms with Gasteiger partial charge in [-0.15, -0.1) is 0 Å². The van der Waals surface area contributed by atoms with Crippen LogP contribution in [0.3, 0.4) is 0 Å². The van der Waals surface area contributed by atoms with Gasteiger partial charge in [0.05, 0.1) is 17.1 Å². The van der Waals surface area contributed by atoms with E-state index in [1.165, 1.54) is 12.1 Å². The summed E-state index contributed by atoms with van der Waals surface area (Å²) in [7, 11) is 0. The van der Waals surface area contributed by atoms with E-state index in [0.29, 0.717) is 0 Å². The van der Waals surface area contributed by atoms with Crippen LogP contribution in [0, 0.1) is 5.82 Å². The maximum Gasteiger partial charge on any atom is 0.288 e. The lowest BCUT2D eigenvalue weighted by Gasteiger charge is -2.15. The molecule has 0 unspecified atom stereocenters. The van der Waals surface area contributed by atoms with Gasteiger partial charge in [0.25, 0.3) is 5.92 Å². The molecule has 1 nitrogen and oxygen atoms in total. The topological polar surface area (TPSA) is 26.0 Å². The minimum absolute atomic E-state index is 0.328. The summed E-state index contributed by atoms with van der Waals surface area (Å²) in [6, 6.07) is 3.42. The van der Waals surface area contributed by atoms with Gasteiger partial charge in [0, 0.05) is 0 Å². The highest BCUT2D eigenvalue weighted by Gasteiger charge is 2.33. The highest BCUT2D eigenvalue weighted by Crippen LogP contribution is 2.31. The predicted octanol–water partition coefficient (Wildman–Crippen LogP) is 2.53. The molecule has 0 aliphatic rings. The molecular formula is C8H7ClF3N. The third-order valence-corrected chi connectivity index (χ3v) is 1.89. The zero-order chi connectivity index (χ0) is 10.1. The number of hydrogen-bond acceptors (Lipinski definition) is 1. The van der Waals surface area contributed by atoms with Crippen molar-refractivity contribution in [2.75, 3.05) is 6.54 Å². The van der Waals surface area contributed by atoms with Crippen molar-refractivity contribution in [2.24, 2.45) is 5.73 Å². The van der Waals surface area contributed by atoms with Gasteiger partial charge < -0.3 is 5.73 Å². The van der Waals surface area contributed by atoms with Crippen molar-refractivity contribution in [3.05, 3.63) is 34.6 Å². The molecular weight excluding hydrogens is 203 g/mol. The smallest absolute Gasteiger partial charge is 0.288 e. The number of hydrogen-bond donors (Lipinski definition) is 1. The van der Waals surface area contributed by atoms with E-state index < -0.39 is 23.8 Å². The second-order valence-corrected chi connectivity index (χ2v) is 2.92. The maximum atomic E-state index is 13.0. The largest absolute Gasteiger partial charge is 0.325 e. The molecule has 0 saturated carbocycles. The molecule has 0 spiro atoms. The van der Waals surface area contributed by atoms with Gasteiger partial charge in [-0.2, -0.15) is 8.78 Å². The van der Waals surface area contributed by atoms with Crippen LogP contribution in [0.4, 0.5) is 13.2 Å². The summed E-state index contributed by atoms with van der Waals surface area (Å²) in [6.45, 7) is -0.940. The normalized spacial score (nSPS) is 11.8. The molecule has 1 aromatic carbocycles. The van der Waals surface area contributed by atoms with Crippen molar-refractivity contribution in [2.45, 2.75) is 5.92 Å². The van der Waals surface area contributed by atoms with Gasteiger partial charge in [-0.05, 0) is 12.1 Å². The summed E-state index contributed by atoms with van der Waals surface area (Å²) in [5, 5.41) is -0.328. The third-order valence-electron chi connectivity index (χ3n) is 1.60. The van der Waals surface area contributed by atoms with Gasteiger partial charge in [0.15, 0.2) is 5.82 Å². The molecule has 1 aromatic rings. The predicted molar refractivity (Wildman–Crippen MR) is 44.4 cm³/mol. The van der Waals surface area contributed by atoms with Gasteiger partial charge in [-0.1, -0.05) is 17.7 Å². The van der Waals surface area contributed by atoms with Crippen LogP contribution < -0.4 is 5.73 Å². The van der Waals surface area contributed by atoms with Gasteiger partial charge >= 0.3 is 0 Å². The Hall–Kier alpha value is -0.740. The number of halogens is 4. The summed E-state index contributed by atoms with van der Waals surface area (Å²) < 4.78 is 38.8. The molecule has 0 aromatic heterocycles. The summed E-state index contributed by atoms with van der Waals surface area (Å²) in [5.74, 6) is -4.48. The number of nitrogens with two attached hydrogens (primary N) is 1. The average molecular weight is 210 g/mol. The fourth-order valence-electron chi connectivity index (χ4n) is 0.896. The average Bonchev–Trinajstić information content (AvgIpc) is 2.09. The number of benzene rings is 1. The van der Waals surface area contributed by atoms with E-state index in [4.69, 9.17) is 17.3 Å². The van der Waals surface area contributed by atoms with Crippen LogP contribution in [0.2, 0.25) is 5.02 Å². The second kappa shape index (κ2) is 3.55. The second-order valence-electron chi connectivity index (χ2n) is 2.51. The summed E-state index contributed by atoms with van der Waals surface area (Å²) >= 11 is 5.33. The number of rotatable bonds is 2. The first-order valence-corrected chi connectivity index (χ1v) is 3.89. The molecule has 2 N–H and O–H groups in total. The van der Waals surface area contributed by atoms with Crippen LogP contribution in [0.25, 0.3) is 0 Å². The lowest BCUT2D eigenvalue weighted by Crippen LogP contribution is -2.26. The molecule has 1 rings (SSSR count). The van der Waals surface area contributed by atoms with E-state index in [-0.39, 0.29) is 5.02 Å². The Morgan fingerprint density at radius 1 is 1.38 bits per heavy atom. The van der Waals surface area contributed by atoms with Gasteiger partial charge in [-0.3, -0.25) is 0 Å². The molecule has 0 saturated heterocycles. The van der Waals surface area contributed by atoms with Crippen molar-refractivity contribution < 1.29 is 13.2 Å². The molecule has 0 fully saturated rings. The molecule has 0 heterocycles. The SMILES string of the molecule is NCC(F)(F)c1cccc(Cl)c1F. The van der Waals surface area contributed by atoms with Crippen LogP contribution in [-0.2, 0) is 5.92 Å². The van der Waals surface area contributed by atoms with Gasteiger partial charge in [0.2, 0.25) is 0 Å². The Bertz CT molecular complexity index is 314. The van der Waals surface area contributed by atoms with Crippen molar-refractivity contribution in [1.82, 2.24) is 0 Å². The van der Waals surface area contributed by atoms with Crippen molar-refractivity contribution >= 4 is 11.6 Å². The van der Waals surface area contributed by atoms with E-state index in [1.54, 1.807) is 0 Å². The molecule has 0 atom stereocenters. The Morgan fingerprint density at radius 3 is 2.54 bits per heavy atom. The molecule has 0 amide bonds.